The molecule has 1 nitrogen and oxygen atoms in total. The molecule has 0 heterocycles. The van der Waals surface area contributed by atoms with E-state index in [2.05, 4.69) is 45.9 Å². The van der Waals surface area contributed by atoms with Gasteiger partial charge < -0.3 is 5.11 Å². The highest BCUT2D eigenvalue weighted by Gasteiger charge is 2.37. The molecule has 0 fully saturated rings. The van der Waals surface area contributed by atoms with E-state index in [0.717, 1.165) is 5.56 Å². The first-order valence-electron chi connectivity index (χ1n) is 6.92. The number of hydrogen-bond donors (Lipinski definition) is 1. The molecule has 1 aliphatic rings. The minimum Gasteiger partial charge on any atom is -0.386 e. The van der Waals surface area contributed by atoms with Gasteiger partial charge in [-0.3, -0.25) is 0 Å². The minimum absolute atomic E-state index is 0.214. The maximum atomic E-state index is 10.2. The molecule has 0 radical (unpaired) electrons. The summed E-state index contributed by atoms with van der Waals surface area (Å²) >= 11 is 0. The molecule has 0 spiro atoms. The molecule has 0 saturated heterocycles. The molecule has 0 atom stereocenters. The number of aliphatic hydroxyl groups is 1. The molecule has 1 aromatic rings. The summed E-state index contributed by atoms with van der Waals surface area (Å²) in [6.45, 7) is 13.0. The van der Waals surface area contributed by atoms with Crippen molar-refractivity contribution in [1.29, 1.82) is 0 Å². The fraction of sp³-hybridized carbons (Fsp3) is 0.647. The first-order chi connectivity index (χ1) is 8.04. The largest absolute Gasteiger partial charge is 0.386 e. The lowest BCUT2D eigenvalue weighted by Crippen LogP contribution is -2.34. The highest BCUT2D eigenvalue weighted by Crippen LogP contribution is 2.46. The Morgan fingerprint density at radius 1 is 0.944 bits per heavy atom. The van der Waals surface area contributed by atoms with Crippen molar-refractivity contribution in [3.8, 4) is 0 Å². The van der Waals surface area contributed by atoms with E-state index in [-0.39, 0.29) is 10.8 Å². The van der Waals surface area contributed by atoms with Crippen LogP contribution in [-0.2, 0) is 16.4 Å². The molecule has 0 unspecified atom stereocenters. The summed E-state index contributed by atoms with van der Waals surface area (Å²) in [5.74, 6) is 0. The predicted octanol–water partition coefficient (Wildman–Crippen LogP) is 4.26. The van der Waals surface area contributed by atoms with Gasteiger partial charge in [0.05, 0.1) is 5.60 Å². The van der Waals surface area contributed by atoms with Crippen LogP contribution in [0.15, 0.2) is 18.2 Å². The van der Waals surface area contributed by atoms with Crippen molar-refractivity contribution < 1.29 is 5.11 Å². The van der Waals surface area contributed by atoms with Crippen molar-refractivity contribution in [3.63, 3.8) is 0 Å². The highest BCUT2D eigenvalue weighted by molar-refractivity contribution is 5.44. The van der Waals surface area contributed by atoms with Crippen LogP contribution in [0.2, 0.25) is 0 Å². The Bertz CT molecular complexity index is 461. The van der Waals surface area contributed by atoms with Crippen LogP contribution < -0.4 is 0 Å². The Morgan fingerprint density at radius 3 is 1.94 bits per heavy atom. The van der Waals surface area contributed by atoms with Crippen LogP contribution in [0, 0.1) is 0 Å². The van der Waals surface area contributed by atoms with Gasteiger partial charge in [0.2, 0.25) is 0 Å². The Kier molecular flexibility index (Phi) is 2.90. The Labute approximate surface area is 111 Å². The predicted molar refractivity (Wildman–Crippen MR) is 77.0 cm³/mol. The lowest BCUT2D eigenvalue weighted by atomic mass is 9.62. The number of benzene rings is 1. The topological polar surface area (TPSA) is 20.2 Å². The third-order valence-corrected chi connectivity index (χ3v) is 4.56. The van der Waals surface area contributed by atoms with E-state index in [1.54, 1.807) is 0 Å². The fourth-order valence-electron chi connectivity index (χ4n) is 2.97. The number of fused-ring (bicyclic) bond motifs is 1. The number of hydrogen-bond acceptors (Lipinski definition) is 1. The van der Waals surface area contributed by atoms with Crippen LogP contribution in [0.3, 0.4) is 0 Å². The van der Waals surface area contributed by atoms with Gasteiger partial charge in [0.25, 0.3) is 0 Å². The van der Waals surface area contributed by atoms with Crippen LogP contribution >= 0.6 is 0 Å². The zero-order chi connectivity index (χ0) is 13.8. The van der Waals surface area contributed by atoms with Gasteiger partial charge in [-0.15, -0.1) is 0 Å². The van der Waals surface area contributed by atoms with Gasteiger partial charge >= 0.3 is 0 Å². The van der Waals surface area contributed by atoms with Crippen LogP contribution in [0.5, 0.6) is 0 Å². The molecule has 18 heavy (non-hydrogen) atoms. The van der Waals surface area contributed by atoms with Gasteiger partial charge in [0.15, 0.2) is 0 Å². The van der Waals surface area contributed by atoms with Crippen molar-refractivity contribution in [2.45, 2.75) is 70.8 Å². The third kappa shape index (κ3) is 2.21. The second-order valence-corrected chi connectivity index (χ2v) is 7.59. The Hall–Kier alpha value is -0.820. The van der Waals surface area contributed by atoms with Crippen molar-refractivity contribution >= 4 is 0 Å². The number of rotatable bonds is 1. The summed E-state index contributed by atoms with van der Waals surface area (Å²) in [5, 5.41) is 10.2. The average molecular weight is 246 g/mol. The first-order valence-corrected chi connectivity index (χ1v) is 6.92. The molecule has 1 N–H and O–H groups in total. The normalized spacial score (nSPS) is 21.5. The summed E-state index contributed by atoms with van der Waals surface area (Å²) in [4.78, 5) is 0. The Morgan fingerprint density at radius 2 is 1.44 bits per heavy atom. The van der Waals surface area contributed by atoms with Crippen molar-refractivity contribution in [1.82, 2.24) is 0 Å². The van der Waals surface area contributed by atoms with Gasteiger partial charge in [-0.1, -0.05) is 45.9 Å². The SMILES string of the molecule is CC(C)(O)c1ccc2c(c1)C(C)(C)CCC2(C)C. The molecule has 0 saturated carbocycles. The molecule has 1 heteroatoms. The van der Waals surface area contributed by atoms with E-state index in [1.807, 2.05) is 13.8 Å². The molecule has 0 aliphatic heterocycles. The lowest BCUT2D eigenvalue weighted by molar-refractivity contribution is 0.0783. The van der Waals surface area contributed by atoms with E-state index in [4.69, 9.17) is 0 Å². The molecule has 1 aromatic carbocycles. The van der Waals surface area contributed by atoms with Crippen LogP contribution in [0.4, 0.5) is 0 Å². The molecule has 0 aromatic heterocycles. The standard InChI is InChI=1S/C17H26O/c1-15(2)9-10-16(3,4)14-11-12(17(5,6)18)7-8-13(14)15/h7-8,11,18H,9-10H2,1-6H3. The van der Waals surface area contributed by atoms with E-state index in [9.17, 15) is 5.11 Å². The fourth-order valence-corrected chi connectivity index (χ4v) is 2.97. The summed E-state index contributed by atoms with van der Waals surface area (Å²) in [7, 11) is 0. The van der Waals surface area contributed by atoms with Gasteiger partial charge in [0.1, 0.15) is 0 Å². The minimum atomic E-state index is -0.757. The maximum absolute atomic E-state index is 10.2. The van der Waals surface area contributed by atoms with E-state index >= 15 is 0 Å². The van der Waals surface area contributed by atoms with Crippen LogP contribution in [0.25, 0.3) is 0 Å². The summed E-state index contributed by atoms with van der Waals surface area (Å²) in [6.07, 6.45) is 2.44. The zero-order valence-corrected chi connectivity index (χ0v) is 12.6. The monoisotopic (exact) mass is 246 g/mol. The van der Waals surface area contributed by atoms with Gasteiger partial charge in [-0.05, 0) is 54.2 Å². The van der Waals surface area contributed by atoms with Crippen molar-refractivity contribution in [2.24, 2.45) is 0 Å². The van der Waals surface area contributed by atoms with Crippen LogP contribution in [0.1, 0.15) is 71.1 Å². The molecule has 0 amide bonds. The van der Waals surface area contributed by atoms with E-state index in [1.165, 1.54) is 24.0 Å². The molecule has 0 bridgehead atoms. The van der Waals surface area contributed by atoms with E-state index in [0.29, 0.717) is 0 Å². The van der Waals surface area contributed by atoms with Gasteiger partial charge in [-0.25, -0.2) is 0 Å². The maximum Gasteiger partial charge on any atom is 0.0840 e. The molecular formula is C17H26O. The van der Waals surface area contributed by atoms with Gasteiger partial charge in [-0.2, -0.15) is 0 Å². The highest BCUT2D eigenvalue weighted by atomic mass is 16.3. The zero-order valence-electron chi connectivity index (χ0n) is 12.6. The third-order valence-electron chi connectivity index (χ3n) is 4.56. The molecule has 100 valence electrons. The molecule has 1 aliphatic carbocycles. The lowest BCUT2D eigenvalue weighted by Gasteiger charge is -2.42. The second-order valence-electron chi connectivity index (χ2n) is 7.59. The Balaban J connectivity index is 2.63. The molecule has 2 rings (SSSR count). The second kappa shape index (κ2) is 3.84. The molecular weight excluding hydrogens is 220 g/mol. The van der Waals surface area contributed by atoms with Crippen LogP contribution in [-0.4, -0.2) is 5.11 Å². The van der Waals surface area contributed by atoms with Crippen molar-refractivity contribution in [3.05, 3.63) is 34.9 Å². The first kappa shape index (κ1) is 13.6. The van der Waals surface area contributed by atoms with Gasteiger partial charge in [0, 0.05) is 0 Å². The summed E-state index contributed by atoms with van der Waals surface area (Å²) in [6, 6.07) is 6.53. The summed E-state index contributed by atoms with van der Waals surface area (Å²) in [5.41, 5.74) is 3.60. The van der Waals surface area contributed by atoms with Crippen molar-refractivity contribution in [2.75, 3.05) is 0 Å². The quantitative estimate of drug-likeness (QED) is 0.785. The smallest absolute Gasteiger partial charge is 0.0840 e. The summed E-state index contributed by atoms with van der Waals surface area (Å²) < 4.78 is 0. The average Bonchev–Trinajstić information content (AvgIpc) is 2.23. The van der Waals surface area contributed by atoms with E-state index < -0.39 is 5.60 Å².